The Labute approximate surface area is 132 Å². The molecule has 0 bridgehead atoms. The average Bonchev–Trinajstić information content (AvgIpc) is 2.92. The Kier molecular flexibility index (Phi) is 3.81. The Morgan fingerprint density at radius 2 is 1.78 bits per heavy atom. The van der Waals surface area contributed by atoms with Crippen molar-refractivity contribution in [3.05, 3.63) is 34.3 Å². The third kappa shape index (κ3) is 2.92. The third-order valence-electron chi connectivity index (χ3n) is 3.89. The first-order chi connectivity index (χ1) is 11.0. The Morgan fingerprint density at radius 3 is 2.43 bits per heavy atom. The molecule has 2 aromatic rings. The number of oxazole rings is 1. The molecule has 1 fully saturated rings. The Hall–Kier alpha value is -2.77. The van der Waals surface area contributed by atoms with E-state index in [0.717, 1.165) is 0 Å². The second-order valence-corrected chi connectivity index (χ2v) is 5.68. The van der Waals surface area contributed by atoms with Crippen molar-refractivity contribution in [1.82, 2.24) is 19.7 Å². The van der Waals surface area contributed by atoms with Crippen molar-refractivity contribution in [2.24, 2.45) is 0 Å². The maximum Gasteiger partial charge on any atom is 0.417 e. The van der Waals surface area contributed by atoms with Crippen LogP contribution in [-0.4, -0.2) is 71.9 Å². The lowest BCUT2D eigenvalue weighted by atomic mass is 10.1. The topological polar surface area (TPSA) is 89.9 Å². The van der Waals surface area contributed by atoms with Crippen LogP contribution in [0.3, 0.4) is 0 Å². The molecule has 1 aliphatic heterocycles. The van der Waals surface area contributed by atoms with E-state index in [4.69, 9.17) is 4.42 Å². The average molecular weight is 318 g/mol. The standard InChI is InChI=1S/C15H18N4O4/c1-17(2)15(22)19-7-5-18(6-8-19)13(20)10-3-4-11-12(9-10)23-14(21)16-11/h3-4,9H,5-8H2,1-2H3,(H,16,21). The predicted molar refractivity (Wildman–Crippen MR) is 83.4 cm³/mol. The first-order valence-electron chi connectivity index (χ1n) is 7.34. The van der Waals surface area contributed by atoms with Crippen LogP contribution in [0.1, 0.15) is 10.4 Å². The summed E-state index contributed by atoms with van der Waals surface area (Å²) < 4.78 is 4.98. The van der Waals surface area contributed by atoms with Crippen LogP contribution in [0.5, 0.6) is 0 Å². The fraction of sp³-hybridized carbons (Fsp3) is 0.400. The smallest absolute Gasteiger partial charge is 0.408 e. The normalized spacial score (nSPS) is 15.0. The van der Waals surface area contributed by atoms with Crippen LogP contribution in [0.15, 0.2) is 27.4 Å². The lowest BCUT2D eigenvalue weighted by Crippen LogP contribution is -2.52. The number of carbonyl (C=O) groups excluding carboxylic acids is 2. The van der Waals surface area contributed by atoms with E-state index in [-0.39, 0.29) is 11.9 Å². The summed E-state index contributed by atoms with van der Waals surface area (Å²) in [6, 6.07) is 4.83. The number of nitrogens with zero attached hydrogens (tertiary/aromatic N) is 3. The van der Waals surface area contributed by atoms with Gasteiger partial charge >= 0.3 is 11.8 Å². The van der Waals surface area contributed by atoms with Gasteiger partial charge in [0.1, 0.15) is 0 Å². The van der Waals surface area contributed by atoms with Crippen LogP contribution < -0.4 is 5.76 Å². The molecule has 0 atom stereocenters. The van der Waals surface area contributed by atoms with Gasteiger partial charge in [-0.05, 0) is 18.2 Å². The molecule has 1 aliphatic rings. The van der Waals surface area contributed by atoms with Gasteiger partial charge in [-0.25, -0.2) is 9.59 Å². The number of hydrogen-bond donors (Lipinski definition) is 1. The first-order valence-corrected chi connectivity index (χ1v) is 7.34. The van der Waals surface area contributed by atoms with Crippen molar-refractivity contribution in [1.29, 1.82) is 0 Å². The molecule has 0 aliphatic carbocycles. The molecule has 8 nitrogen and oxygen atoms in total. The van der Waals surface area contributed by atoms with Crippen molar-refractivity contribution in [3.8, 4) is 0 Å². The molecule has 0 saturated carbocycles. The van der Waals surface area contributed by atoms with E-state index in [1.807, 2.05) is 0 Å². The summed E-state index contributed by atoms with van der Waals surface area (Å²) in [5, 5.41) is 0. The van der Waals surface area contributed by atoms with E-state index in [2.05, 4.69) is 4.98 Å². The van der Waals surface area contributed by atoms with Crippen LogP contribution in [0.2, 0.25) is 0 Å². The predicted octanol–water partition coefficient (Wildman–Crippen LogP) is 0.560. The number of hydrogen-bond acceptors (Lipinski definition) is 4. The van der Waals surface area contributed by atoms with Crippen molar-refractivity contribution in [2.75, 3.05) is 40.3 Å². The molecule has 1 saturated heterocycles. The third-order valence-corrected chi connectivity index (χ3v) is 3.89. The molecule has 1 N–H and O–H groups in total. The van der Waals surface area contributed by atoms with Crippen molar-refractivity contribution in [3.63, 3.8) is 0 Å². The first kappa shape index (κ1) is 15.1. The molecule has 1 aromatic carbocycles. The highest BCUT2D eigenvalue weighted by Crippen LogP contribution is 2.15. The molecule has 0 unspecified atom stereocenters. The van der Waals surface area contributed by atoms with Gasteiger partial charge in [-0.3, -0.25) is 9.78 Å². The zero-order valence-electron chi connectivity index (χ0n) is 13.0. The minimum absolute atomic E-state index is 0.0485. The van der Waals surface area contributed by atoms with E-state index >= 15 is 0 Å². The van der Waals surface area contributed by atoms with Gasteiger partial charge in [0.05, 0.1) is 5.52 Å². The number of urea groups is 1. The zero-order valence-corrected chi connectivity index (χ0v) is 13.0. The second-order valence-electron chi connectivity index (χ2n) is 5.68. The highest BCUT2D eigenvalue weighted by atomic mass is 16.4. The number of amides is 3. The van der Waals surface area contributed by atoms with Crippen molar-refractivity contribution in [2.45, 2.75) is 0 Å². The Bertz CT molecular complexity index is 799. The highest BCUT2D eigenvalue weighted by Gasteiger charge is 2.25. The monoisotopic (exact) mass is 318 g/mol. The molecule has 1 aromatic heterocycles. The summed E-state index contributed by atoms with van der Waals surface area (Å²) in [6.07, 6.45) is 0. The number of piperazine rings is 1. The van der Waals surface area contributed by atoms with Crippen molar-refractivity contribution < 1.29 is 14.0 Å². The number of carbonyl (C=O) groups is 2. The number of H-pyrrole nitrogens is 1. The minimum Gasteiger partial charge on any atom is -0.408 e. The van der Waals surface area contributed by atoms with E-state index in [1.165, 1.54) is 4.90 Å². The number of fused-ring (bicyclic) bond motifs is 1. The fourth-order valence-corrected chi connectivity index (χ4v) is 2.64. The number of aromatic amines is 1. The maximum atomic E-state index is 12.5. The number of benzene rings is 1. The lowest BCUT2D eigenvalue weighted by molar-refractivity contribution is 0.0650. The Balaban J connectivity index is 1.71. The van der Waals surface area contributed by atoms with Gasteiger partial charge < -0.3 is 19.1 Å². The summed E-state index contributed by atoms with van der Waals surface area (Å²) in [5.74, 6) is -0.673. The van der Waals surface area contributed by atoms with E-state index < -0.39 is 5.76 Å². The van der Waals surface area contributed by atoms with Gasteiger partial charge in [0.2, 0.25) is 0 Å². The minimum atomic E-state index is -0.541. The largest absolute Gasteiger partial charge is 0.417 e. The second kappa shape index (κ2) is 5.79. The zero-order chi connectivity index (χ0) is 16.6. The summed E-state index contributed by atoms with van der Waals surface area (Å²) in [6.45, 7) is 1.97. The molecule has 3 amide bonds. The van der Waals surface area contributed by atoms with Crippen LogP contribution in [0.25, 0.3) is 11.1 Å². The van der Waals surface area contributed by atoms with Gasteiger partial charge in [0, 0.05) is 45.8 Å². The van der Waals surface area contributed by atoms with Gasteiger partial charge in [-0.1, -0.05) is 0 Å². The summed E-state index contributed by atoms with van der Waals surface area (Å²) in [7, 11) is 3.42. The molecule has 0 spiro atoms. The summed E-state index contributed by atoms with van der Waals surface area (Å²) in [4.78, 5) is 43.1. The van der Waals surface area contributed by atoms with Crippen LogP contribution >= 0.6 is 0 Å². The van der Waals surface area contributed by atoms with Crippen molar-refractivity contribution >= 4 is 23.0 Å². The summed E-state index contributed by atoms with van der Waals surface area (Å²) in [5.41, 5.74) is 1.39. The quantitative estimate of drug-likeness (QED) is 0.832. The van der Waals surface area contributed by atoms with E-state index in [1.54, 1.807) is 42.1 Å². The van der Waals surface area contributed by atoms with Gasteiger partial charge in [-0.2, -0.15) is 0 Å². The summed E-state index contributed by atoms with van der Waals surface area (Å²) >= 11 is 0. The molecular formula is C15H18N4O4. The molecule has 3 rings (SSSR count). The molecule has 8 heteroatoms. The SMILES string of the molecule is CN(C)C(=O)N1CCN(C(=O)c2ccc3[nH]c(=O)oc3c2)CC1. The molecule has 0 radical (unpaired) electrons. The Morgan fingerprint density at radius 1 is 1.13 bits per heavy atom. The van der Waals surface area contributed by atoms with E-state index in [9.17, 15) is 14.4 Å². The fourth-order valence-electron chi connectivity index (χ4n) is 2.64. The number of aromatic nitrogens is 1. The number of nitrogens with one attached hydrogen (secondary N) is 1. The molecular weight excluding hydrogens is 300 g/mol. The van der Waals surface area contributed by atoms with Crippen LogP contribution in [0.4, 0.5) is 4.79 Å². The van der Waals surface area contributed by atoms with Crippen LogP contribution in [-0.2, 0) is 0 Å². The molecule has 122 valence electrons. The highest BCUT2D eigenvalue weighted by molar-refractivity contribution is 5.97. The number of rotatable bonds is 1. The van der Waals surface area contributed by atoms with Gasteiger partial charge in [0.15, 0.2) is 5.58 Å². The maximum absolute atomic E-state index is 12.5. The van der Waals surface area contributed by atoms with Gasteiger partial charge in [-0.15, -0.1) is 0 Å². The van der Waals surface area contributed by atoms with Crippen LogP contribution in [0, 0.1) is 0 Å². The van der Waals surface area contributed by atoms with Gasteiger partial charge in [0.25, 0.3) is 5.91 Å². The van der Waals surface area contributed by atoms with E-state index in [0.29, 0.717) is 42.8 Å². The molecule has 23 heavy (non-hydrogen) atoms. The molecule has 2 heterocycles. The lowest BCUT2D eigenvalue weighted by Gasteiger charge is -2.36.